The van der Waals surface area contributed by atoms with Crippen LogP contribution in [0.3, 0.4) is 0 Å². The van der Waals surface area contributed by atoms with E-state index in [-0.39, 0.29) is 33.8 Å². The van der Waals surface area contributed by atoms with E-state index in [0.717, 1.165) is 13.0 Å². The smallest absolute Gasteiger partial charge is 0.303 e. The van der Waals surface area contributed by atoms with Gasteiger partial charge in [-0.2, -0.15) is 0 Å². The fraction of sp³-hybridized carbons (Fsp3) is 0.348. The molecule has 0 radical (unpaired) electrons. The van der Waals surface area contributed by atoms with Gasteiger partial charge < -0.3 is 34.6 Å². The predicted molar refractivity (Wildman–Crippen MR) is 110 cm³/mol. The standard InChI is InChI=1S/C23H22O10/c1-8-4-12-16(14(25)5-8)20(29)17-13(19(12)28)6-11(7-15(17)26)33-23-21(30)22(32-10(3)24)18(27)9(2)31-23/h4-7,9,18,21-23,25-27,30H,1-3H3/t9-,18-,21+,22+,23-/m0/s1. The number of hydrogen-bond acceptors (Lipinski definition) is 10. The van der Waals surface area contributed by atoms with Crippen LogP contribution >= 0.6 is 0 Å². The van der Waals surface area contributed by atoms with Crippen LogP contribution in [0.15, 0.2) is 24.3 Å². The van der Waals surface area contributed by atoms with Crippen molar-refractivity contribution >= 4 is 17.5 Å². The number of esters is 1. The van der Waals surface area contributed by atoms with Gasteiger partial charge in [-0.3, -0.25) is 14.4 Å². The third kappa shape index (κ3) is 3.82. The zero-order valence-corrected chi connectivity index (χ0v) is 17.9. The molecule has 33 heavy (non-hydrogen) atoms. The Morgan fingerprint density at radius 2 is 1.55 bits per heavy atom. The first kappa shape index (κ1) is 22.7. The summed E-state index contributed by atoms with van der Waals surface area (Å²) < 4.78 is 16.1. The van der Waals surface area contributed by atoms with Gasteiger partial charge in [-0.15, -0.1) is 0 Å². The highest BCUT2D eigenvalue weighted by atomic mass is 16.7. The van der Waals surface area contributed by atoms with Crippen molar-refractivity contribution < 1.29 is 49.0 Å². The van der Waals surface area contributed by atoms with E-state index in [1.54, 1.807) is 6.92 Å². The highest BCUT2D eigenvalue weighted by molar-refractivity contribution is 6.30. The van der Waals surface area contributed by atoms with Gasteiger partial charge in [0, 0.05) is 24.1 Å². The van der Waals surface area contributed by atoms with E-state index in [2.05, 4.69) is 0 Å². The molecule has 5 atom stereocenters. The van der Waals surface area contributed by atoms with Crippen molar-refractivity contribution in [2.75, 3.05) is 0 Å². The number of fused-ring (bicyclic) bond motifs is 2. The molecule has 0 spiro atoms. The fourth-order valence-corrected chi connectivity index (χ4v) is 4.10. The lowest BCUT2D eigenvalue weighted by molar-refractivity contribution is -0.272. The van der Waals surface area contributed by atoms with Gasteiger partial charge in [-0.25, -0.2) is 0 Å². The second kappa shape index (κ2) is 8.14. The van der Waals surface area contributed by atoms with E-state index in [1.165, 1.54) is 25.1 Å². The molecule has 1 aliphatic heterocycles. The molecule has 0 bridgehead atoms. The van der Waals surface area contributed by atoms with Crippen LogP contribution in [0.5, 0.6) is 17.2 Å². The number of aromatic hydroxyl groups is 2. The minimum atomic E-state index is -1.59. The Labute approximate surface area is 187 Å². The van der Waals surface area contributed by atoms with E-state index < -0.39 is 54.0 Å². The number of benzene rings is 2. The summed E-state index contributed by atoms with van der Waals surface area (Å²) in [6.45, 7) is 4.26. The molecular weight excluding hydrogens is 436 g/mol. The normalized spacial score (nSPS) is 26.4. The SMILES string of the molecule is CC(=O)O[C@@H]1[C@@H](O)[C@H](C)O[C@@H](Oc2cc(O)c3c(c2)C(=O)c2cc(C)cc(O)c2C3=O)[C@@H]1O. The number of aliphatic hydroxyl groups is 2. The summed E-state index contributed by atoms with van der Waals surface area (Å²) in [6.07, 6.45) is -6.53. The summed E-state index contributed by atoms with van der Waals surface area (Å²) in [5.74, 6) is -3.09. The maximum absolute atomic E-state index is 13.1. The number of rotatable bonds is 3. The molecule has 0 amide bonds. The summed E-state index contributed by atoms with van der Waals surface area (Å²) in [5, 5.41) is 41.4. The number of hydrogen-bond donors (Lipinski definition) is 4. The Morgan fingerprint density at radius 1 is 0.939 bits per heavy atom. The molecule has 4 N–H and O–H groups in total. The molecule has 2 aromatic carbocycles. The van der Waals surface area contributed by atoms with Gasteiger partial charge in [0.1, 0.15) is 23.4 Å². The molecule has 0 aromatic heterocycles. The summed E-state index contributed by atoms with van der Waals surface area (Å²) in [5.41, 5.74) is -0.0781. The minimum absolute atomic E-state index is 0.0119. The average Bonchev–Trinajstić information content (AvgIpc) is 2.72. The second-order valence-electron chi connectivity index (χ2n) is 8.11. The number of phenolic OH excluding ortho intramolecular Hbond substituents is 2. The minimum Gasteiger partial charge on any atom is -0.507 e. The van der Waals surface area contributed by atoms with E-state index in [9.17, 15) is 34.8 Å². The molecule has 2 aliphatic rings. The molecule has 2 aromatic rings. The van der Waals surface area contributed by atoms with Crippen molar-refractivity contribution in [1.82, 2.24) is 0 Å². The first-order valence-electron chi connectivity index (χ1n) is 10.1. The molecule has 0 saturated carbocycles. The van der Waals surface area contributed by atoms with Crippen molar-refractivity contribution in [3.8, 4) is 17.2 Å². The second-order valence-corrected chi connectivity index (χ2v) is 8.11. The third-order valence-corrected chi connectivity index (χ3v) is 5.63. The van der Waals surface area contributed by atoms with Gasteiger partial charge in [0.15, 0.2) is 18.0 Å². The summed E-state index contributed by atoms with van der Waals surface area (Å²) >= 11 is 0. The van der Waals surface area contributed by atoms with Crippen LogP contribution in [0.2, 0.25) is 0 Å². The Bertz CT molecular complexity index is 1170. The Balaban J connectivity index is 1.69. The number of aliphatic hydroxyl groups excluding tert-OH is 2. The van der Waals surface area contributed by atoms with Gasteiger partial charge in [0.05, 0.1) is 17.2 Å². The molecule has 1 saturated heterocycles. The lowest BCUT2D eigenvalue weighted by Gasteiger charge is -2.40. The molecule has 1 aliphatic carbocycles. The van der Waals surface area contributed by atoms with Crippen LogP contribution in [-0.2, 0) is 14.3 Å². The van der Waals surface area contributed by atoms with Crippen molar-refractivity contribution in [1.29, 1.82) is 0 Å². The number of carbonyl (C=O) groups excluding carboxylic acids is 3. The first-order chi connectivity index (χ1) is 15.5. The molecule has 10 nitrogen and oxygen atoms in total. The summed E-state index contributed by atoms with van der Waals surface area (Å²) in [7, 11) is 0. The lowest BCUT2D eigenvalue weighted by atomic mass is 9.82. The fourth-order valence-electron chi connectivity index (χ4n) is 4.10. The Kier molecular flexibility index (Phi) is 5.61. The van der Waals surface area contributed by atoms with Crippen molar-refractivity contribution in [2.45, 2.75) is 51.5 Å². The maximum atomic E-state index is 13.1. The summed E-state index contributed by atoms with van der Waals surface area (Å²) in [6, 6.07) is 5.08. The van der Waals surface area contributed by atoms with Crippen LogP contribution in [0, 0.1) is 6.92 Å². The number of phenols is 2. The van der Waals surface area contributed by atoms with E-state index >= 15 is 0 Å². The van der Waals surface area contributed by atoms with Crippen LogP contribution in [0.4, 0.5) is 0 Å². The molecule has 174 valence electrons. The van der Waals surface area contributed by atoms with Crippen molar-refractivity contribution in [2.24, 2.45) is 0 Å². The summed E-state index contributed by atoms with van der Waals surface area (Å²) in [4.78, 5) is 37.4. The predicted octanol–water partition coefficient (Wildman–Crippen LogP) is 0.959. The molecule has 10 heteroatoms. The largest absolute Gasteiger partial charge is 0.507 e. The molecule has 1 fully saturated rings. The first-order valence-corrected chi connectivity index (χ1v) is 10.1. The number of carbonyl (C=O) groups is 3. The van der Waals surface area contributed by atoms with Crippen LogP contribution in [-0.4, -0.2) is 68.7 Å². The zero-order valence-electron chi connectivity index (χ0n) is 17.9. The molecule has 0 unspecified atom stereocenters. The van der Waals surface area contributed by atoms with E-state index in [1.807, 2.05) is 0 Å². The van der Waals surface area contributed by atoms with Gasteiger partial charge in [0.2, 0.25) is 12.1 Å². The Morgan fingerprint density at radius 3 is 2.18 bits per heavy atom. The molecule has 4 rings (SSSR count). The number of ether oxygens (including phenoxy) is 3. The molecular formula is C23H22O10. The molecule has 1 heterocycles. The van der Waals surface area contributed by atoms with Crippen LogP contribution < -0.4 is 4.74 Å². The Hall–Kier alpha value is -3.47. The van der Waals surface area contributed by atoms with Gasteiger partial charge in [0.25, 0.3) is 0 Å². The topological polar surface area (TPSA) is 160 Å². The van der Waals surface area contributed by atoms with E-state index in [0.29, 0.717) is 5.56 Å². The lowest BCUT2D eigenvalue weighted by Crippen LogP contribution is -2.59. The number of ketones is 2. The quantitative estimate of drug-likeness (QED) is 0.416. The highest BCUT2D eigenvalue weighted by Gasteiger charge is 2.46. The van der Waals surface area contributed by atoms with Gasteiger partial charge in [-0.1, -0.05) is 0 Å². The average molecular weight is 458 g/mol. The van der Waals surface area contributed by atoms with E-state index in [4.69, 9.17) is 14.2 Å². The highest BCUT2D eigenvalue weighted by Crippen LogP contribution is 2.40. The number of aryl methyl sites for hydroxylation is 1. The van der Waals surface area contributed by atoms with Crippen LogP contribution in [0.25, 0.3) is 0 Å². The van der Waals surface area contributed by atoms with Gasteiger partial charge >= 0.3 is 5.97 Å². The maximum Gasteiger partial charge on any atom is 0.303 e. The van der Waals surface area contributed by atoms with Crippen molar-refractivity contribution in [3.63, 3.8) is 0 Å². The monoisotopic (exact) mass is 458 g/mol. The van der Waals surface area contributed by atoms with Gasteiger partial charge in [-0.05, 0) is 37.6 Å². The zero-order chi connectivity index (χ0) is 24.2. The van der Waals surface area contributed by atoms with Crippen LogP contribution in [0.1, 0.15) is 51.3 Å². The third-order valence-electron chi connectivity index (χ3n) is 5.63. The van der Waals surface area contributed by atoms with Crippen molar-refractivity contribution in [3.05, 3.63) is 52.1 Å².